The summed E-state index contributed by atoms with van der Waals surface area (Å²) in [5.41, 5.74) is 3.14. The molecule has 2 N–H and O–H groups in total. The van der Waals surface area contributed by atoms with E-state index in [-0.39, 0.29) is 18.3 Å². The van der Waals surface area contributed by atoms with Gasteiger partial charge in [-0.1, -0.05) is 18.2 Å². The Labute approximate surface area is 170 Å². The summed E-state index contributed by atoms with van der Waals surface area (Å²) in [7, 11) is 0. The molecule has 0 aliphatic carbocycles. The van der Waals surface area contributed by atoms with Crippen LogP contribution in [-0.4, -0.2) is 38.6 Å². The zero-order chi connectivity index (χ0) is 18.8. The van der Waals surface area contributed by atoms with E-state index >= 15 is 0 Å². The molecule has 0 spiro atoms. The van der Waals surface area contributed by atoms with Gasteiger partial charge in [0.25, 0.3) is 5.91 Å². The zero-order valence-electron chi connectivity index (χ0n) is 16.3. The topological polar surface area (TPSA) is 76.8 Å². The predicted molar refractivity (Wildman–Crippen MR) is 113 cm³/mol. The van der Waals surface area contributed by atoms with E-state index < -0.39 is 0 Å². The lowest BCUT2D eigenvalue weighted by atomic mass is 10.1. The molecule has 0 atom stereocenters. The van der Waals surface area contributed by atoms with Gasteiger partial charge in [0.05, 0.1) is 17.3 Å². The Morgan fingerprint density at radius 3 is 2.82 bits per heavy atom. The maximum atomic E-state index is 12.8. The number of hydrogen-bond donors (Lipinski definition) is 2. The first-order valence-electron chi connectivity index (χ1n) is 9.70. The van der Waals surface area contributed by atoms with Crippen LogP contribution in [0.1, 0.15) is 48.4 Å². The molecule has 0 unspecified atom stereocenters. The second kappa shape index (κ2) is 8.75. The van der Waals surface area contributed by atoms with Crippen molar-refractivity contribution in [2.75, 3.05) is 18.4 Å². The summed E-state index contributed by atoms with van der Waals surface area (Å²) in [6.07, 6.45) is 5.18. The number of nitrogens with one attached hydrogen (secondary N) is 2. The van der Waals surface area contributed by atoms with Crippen molar-refractivity contribution in [3.63, 3.8) is 0 Å². The van der Waals surface area contributed by atoms with Gasteiger partial charge in [-0.3, -0.25) is 4.79 Å². The summed E-state index contributed by atoms with van der Waals surface area (Å²) in [5.74, 6) is -0.208. The largest absolute Gasteiger partial charge is 0.347 e. The average molecular weight is 403 g/mol. The molecule has 3 aromatic rings. The fourth-order valence-electron chi connectivity index (χ4n) is 3.84. The normalized spacial score (nSPS) is 14.8. The minimum absolute atomic E-state index is 0. The van der Waals surface area contributed by atoms with E-state index in [4.69, 9.17) is 0 Å². The Morgan fingerprint density at radius 1 is 1.29 bits per heavy atom. The number of aryl methyl sites for hydroxylation is 1. The van der Waals surface area contributed by atoms with Gasteiger partial charge in [-0.05, 0) is 62.9 Å². The number of nitrogens with zero attached hydrogens (tertiary/aromatic N) is 4. The van der Waals surface area contributed by atoms with Crippen molar-refractivity contribution < 1.29 is 4.79 Å². The van der Waals surface area contributed by atoms with Gasteiger partial charge in [-0.15, -0.1) is 17.5 Å². The number of aromatic nitrogens is 4. The molecular weight excluding hydrogens is 376 g/mol. The first-order chi connectivity index (χ1) is 13.2. The maximum absolute atomic E-state index is 12.8. The minimum atomic E-state index is -0.208. The molecule has 150 valence electrons. The molecule has 7 nitrogen and oxygen atoms in total. The molecule has 28 heavy (non-hydrogen) atoms. The number of carbonyl (C=O) groups excluding carboxylic acids is 1. The SMILES string of the molecule is CCCn1ccc2ccc(NC(=O)c3nnn(C4CCNCC4)c3C)cc21.Cl. The van der Waals surface area contributed by atoms with Crippen LogP contribution in [-0.2, 0) is 6.54 Å². The quantitative estimate of drug-likeness (QED) is 0.684. The summed E-state index contributed by atoms with van der Waals surface area (Å²) >= 11 is 0. The summed E-state index contributed by atoms with van der Waals surface area (Å²) in [6.45, 7) is 6.99. The zero-order valence-corrected chi connectivity index (χ0v) is 17.1. The lowest BCUT2D eigenvalue weighted by Crippen LogP contribution is -2.30. The van der Waals surface area contributed by atoms with E-state index in [9.17, 15) is 4.79 Å². The summed E-state index contributed by atoms with van der Waals surface area (Å²) < 4.78 is 4.12. The second-order valence-corrected chi connectivity index (χ2v) is 7.19. The molecular formula is C20H27ClN6O. The Kier molecular flexibility index (Phi) is 6.36. The molecule has 4 rings (SSSR count). The molecule has 1 aromatic carbocycles. The van der Waals surface area contributed by atoms with Gasteiger partial charge in [0.15, 0.2) is 5.69 Å². The van der Waals surface area contributed by atoms with Gasteiger partial charge < -0.3 is 15.2 Å². The van der Waals surface area contributed by atoms with Crippen LogP contribution >= 0.6 is 12.4 Å². The van der Waals surface area contributed by atoms with E-state index in [0.29, 0.717) is 11.7 Å². The Balaban J connectivity index is 0.00000225. The Bertz CT molecular complexity index is 957. The number of benzene rings is 1. The van der Waals surface area contributed by atoms with Crippen molar-refractivity contribution in [2.45, 2.75) is 45.7 Å². The lowest BCUT2D eigenvalue weighted by molar-refractivity contribution is 0.102. The number of piperidine rings is 1. The third-order valence-corrected chi connectivity index (χ3v) is 5.29. The third kappa shape index (κ3) is 3.91. The van der Waals surface area contributed by atoms with Gasteiger partial charge in [-0.2, -0.15) is 0 Å². The molecule has 1 fully saturated rings. The van der Waals surface area contributed by atoms with Crippen LogP contribution in [0.5, 0.6) is 0 Å². The number of anilines is 1. The molecule has 8 heteroatoms. The van der Waals surface area contributed by atoms with E-state index in [1.165, 1.54) is 5.39 Å². The highest BCUT2D eigenvalue weighted by Gasteiger charge is 2.23. The molecule has 3 heterocycles. The van der Waals surface area contributed by atoms with E-state index in [1.54, 1.807) is 0 Å². The van der Waals surface area contributed by atoms with Crippen LogP contribution in [0, 0.1) is 6.92 Å². The monoisotopic (exact) mass is 402 g/mol. The van der Waals surface area contributed by atoms with Gasteiger partial charge in [0.2, 0.25) is 0 Å². The van der Waals surface area contributed by atoms with Crippen molar-refractivity contribution in [1.29, 1.82) is 0 Å². The molecule has 0 saturated carbocycles. The smallest absolute Gasteiger partial charge is 0.278 e. The highest BCUT2D eigenvalue weighted by atomic mass is 35.5. The second-order valence-electron chi connectivity index (χ2n) is 7.19. The van der Waals surface area contributed by atoms with Crippen molar-refractivity contribution in [2.24, 2.45) is 0 Å². The van der Waals surface area contributed by atoms with Crippen LogP contribution in [0.15, 0.2) is 30.5 Å². The average Bonchev–Trinajstić information content (AvgIpc) is 3.26. The molecule has 1 aliphatic heterocycles. The standard InChI is InChI=1S/C20H26N6O.ClH/c1-3-11-25-12-8-15-4-5-16(13-18(15)25)22-20(27)19-14(2)26(24-23-19)17-6-9-21-10-7-17;/h4-5,8,12-13,17,21H,3,6-7,9-11H2,1-2H3,(H,22,27);1H. The van der Waals surface area contributed by atoms with Crippen molar-refractivity contribution in [1.82, 2.24) is 24.9 Å². The van der Waals surface area contributed by atoms with Crippen LogP contribution in [0.4, 0.5) is 5.69 Å². The van der Waals surface area contributed by atoms with Gasteiger partial charge in [0, 0.05) is 18.4 Å². The number of hydrogen-bond acceptors (Lipinski definition) is 4. The minimum Gasteiger partial charge on any atom is -0.347 e. The number of carbonyl (C=O) groups is 1. The van der Waals surface area contributed by atoms with Gasteiger partial charge in [0.1, 0.15) is 0 Å². The van der Waals surface area contributed by atoms with Crippen molar-refractivity contribution >= 4 is 34.9 Å². The number of rotatable bonds is 5. The molecule has 1 aliphatic rings. The highest BCUT2D eigenvalue weighted by Crippen LogP contribution is 2.23. The fraction of sp³-hybridized carbons (Fsp3) is 0.450. The van der Waals surface area contributed by atoms with Crippen molar-refractivity contribution in [3.8, 4) is 0 Å². The highest BCUT2D eigenvalue weighted by molar-refractivity contribution is 6.04. The molecule has 0 radical (unpaired) electrons. The fourth-order valence-corrected chi connectivity index (χ4v) is 3.84. The number of halogens is 1. The van der Waals surface area contributed by atoms with E-state index in [1.807, 2.05) is 29.8 Å². The number of amides is 1. The summed E-state index contributed by atoms with van der Waals surface area (Å²) in [4.78, 5) is 12.8. The lowest BCUT2D eigenvalue weighted by Gasteiger charge is -2.23. The van der Waals surface area contributed by atoms with E-state index in [2.05, 4.69) is 44.7 Å². The summed E-state index contributed by atoms with van der Waals surface area (Å²) in [5, 5.41) is 15.9. The van der Waals surface area contributed by atoms with Crippen LogP contribution in [0.25, 0.3) is 10.9 Å². The van der Waals surface area contributed by atoms with Gasteiger partial charge in [-0.25, -0.2) is 4.68 Å². The number of fused-ring (bicyclic) bond motifs is 1. The first kappa shape index (κ1) is 20.4. The van der Waals surface area contributed by atoms with Crippen molar-refractivity contribution in [3.05, 3.63) is 41.9 Å². The van der Waals surface area contributed by atoms with Crippen LogP contribution < -0.4 is 10.6 Å². The molecule has 2 aromatic heterocycles. The summed E-state index contributed by atoms with van der Waals surface area (Å²) in [6, 6.07) is 8.41. The molecule has 0 bridgehead atoms. The Morgan fingerprint density at radius 2 is 2.07 bits per heavy atom. The van der Waals surface area contributed by atoms with Crippen LogP contribution in [0.3, 0.4) is 0 Å². The molecule has 1 saturated heterocycles. The van der Waals surface area contributed by atoms with Gasteiger partial charge >= 0.3 is 0 Å². The predicted octanol–water partition coefficient (Wildman–Crippen LogP) is 3.55. The third-order valence-electron chi connectivity index (χ3n) is 5.29. The first-order valence-corrected chi connectivity index (χ1v) is 9.70. The van der Waals surface area contributed by atoms with Crippen LogP contribution in [0.2, 0.25) is 0 Å². The molecule has 1 amide bonds. The Hall–Kier alpha value is -2.38. The maximum Gasteiger partial charge on any atom is 0.278 e. The van der Waals surface area contributed by atoms with E-state index in [0.717, 1.165) is 55.8 Å².